The molecule has 0 aromatic rings. The van der Waals surface area contributed by atoms with E-state index in [1.807, 2.05) is 0 Å². The molecule has 0 aromatic heterocycles. The minimum atomic E-state index is -2.86. The summed E-state index contributed by atoms with van der Waals surface area (Å²) in [5.41, 5.74) is 4.92. The van der Waals surface area contributed by atoms with Crippen LogP contribution < -0.4 is 5.73 Å². The second-order valence-electron chi connectivity index (χ2n) is 3.56. The van der Waals surface area contributed by atoms with Crippen LogP contribution in [0.5, 0.6) is 0 Å². The summed E-state index contributed by atoms with van der Waals surface area (Å²) in [7, 11) is 0.620. The van der Waals surface area contributed by atoms with Crippen molar-refractivity contribution in [3.05, 3.63) is 0 Å². The fraction of sp³-hybridized carbons (Fsp3) is 1.00. The number of hydrogen-bond donors (Lipinski definition) is 1. The second-order valence-corrected chi connectivity index (χ2v) is 5.04. The van der Waals surface area contributed by atoms with Crippen molar-refractivity contribution in [1.29, 1.82) is 0 Å². The van der Waals surface area contributed by atoms with Gasteiger partial charge >= 0.3 is 0 Å². The third kappa shape index (κ3) is 5.62. The van der Waals surface area contributed by atoms with Gasteiger partial charge in [0.1, 0.15) is 0 Å². The molecule has 0 rings (SSSR count). The van der Waals surface area contributed by atoms with E-state index in [1.165, 1.54) is 4.90 Å². The lowest BCUT2D eigenvalue weighted by atomic mass is 10.2. The van der Waals surface area contributed by atoms with Crippen LogP contribution in [-0.2, 0) is 10.8 Å². The van der Waals surface area contributed by atoms with E-state index in [2.05, 4.69) is 0 Å². The molecule has 86 valence electrons. The molecule has 6 heteroatoms. The predicted octanol–water partition coefficient (Wildman–Crippen LogP) is 0.279. The number of rotatable bonds is 6. The standard InChI is InChI=1S/C8H18F2N2OS/c1-7(4-14(3)13)12(2)6-8(9,10)5-11/h7H,4-6,11H2,1-3H3. The Morgan fingerprint density at radius 1 is 1.57 bits per heavy atom. The molecule has 0 aliphatic carbocycles. The summed E-state index contributed by atoms with van der Waals surface area (Å²) in [5.74, 6) is -2.46. The quantitative estimate of drug-likeness (QED) is 0.710. The molecular formula is C8H18F2N2OS. The highest BCUT2D eigenvalue weighted by Gasteiger charge is 2.30. The molecular weight excluding hydrogens is 210 g/mol. The van der Waals surface area contributed by atoms with Gasteiger partial charge < -0.3 is 5.73 Å². The molecule has 0 heterocycles. The molecule has 0 amide bonds. The molecule has 3 nitrogen and oxygen atoms in total. The van der Waals surface area contributed by atoms with Gasteiger partial charge in [0.05, 0.1) is 13.1 Å². The smallest absolute Gasteiger partial charge is 0.272 e. The molecule has 0 aromatic carbocycles. The Morgan fingerprint density at radius 3 is 2.43 bits per heavy atom. The first-order chi connectivity index (χ1) is 6.28. The van der Waals surface area contributed by atoms with Crippen molar-refractivity contribution in [2.75, 3.05) is 32.1 Å². The molecule has 0 aliphatic heterocycles. The van der Waals surface area contributed by atoms with Crippen molar-refractivity contribution < 1.29 is 13.0 Å². The molecule has 2 N–H and O–H groups in total. The zero-order chi connectivity index (χ0) is 11.4. The molecule has 0 saturated carbocycles. The highest BCUT2D eigenvalue weighted by molar-refractivity contribution is 7.84. The minimum Gasteiger partial charge on any atom is -0.325 e. The Balaban J connectivity index is 4.06. The van der Waals surface area contributed by atoms with Crippen LogP contribution in [0.15, 0.2) is 0 Å². The monoisotopic (exact) mass is 228 g/mol. The fourth-order valence-corrected chi connectivity index (χ4v) is 1.99. The Labute approximate surface area is 86.1 Å². The van der Waals surface area contributed by atoms with Crippen LogP contribution in [0.25, 0.3) is 0 Å². The van der Waals surface area contributed by atoms with Gasteiger partial charge in [0.2, 0.25) is 0 Å². The van der Waals surface area contributed by atoms with Crippen molar-refractivity contribution >= 4 is 10.8 Å². The van der Waals surface area contributed by atoms with Gasteiger partial charge in [-0.1, -0.05) is 0 Å². The van der Waals surface area contributed by atoms with E-state index in [9.17, 15) is 13.0 Å². The molecule has 2 unspecified atom stereocenters. The van der Waals surface area contributed by atoms with Crippen molar-refractivity contribution in [3.63, 3.8) is 0 Å². The van der Waals surface area contributed by atoms with E-state index in [1.54, 1.807) is 20.2 Å². The van der Waals surface area contributed by atoms with E-state index in [4.69, 9.17) is 5.73 Å². The highest BCUT2D eigenvalue weighted by atomic mass is 32.2. The summed E-state index contributed by atoms with van der Waals surface area (Å²) in [6, 6.07) is -0.127. The van der Waals surface area contributed by atoms with Gasteiger partial charge in [-0.25, -0.2) is 8.78 Å². The lowest BCUT2D eigenvalue weighted by Crippen LogP contribution is -2.45. The first kappa shape index (κ1) is 13.9. The van der Waals surface area contributed by atoms with Crippen molar-refractivity contribution in [2.24, 2.45) is 5.73 Å². The summed E-state index contributed by atoms with van der Waals surface area (Å²) < 4.78 is 36.6. The molecule has 0 bridgehead atoms. The molecule has 0 saturated heterocycles. The maximum absolute atomic E-state index is 12.9. The number of hydrogen-bond acceptors (Lipinski definition) is 3. The second kappa shape index (κ2) is 5.72. The van der Waals surface area contributed by atoms with Crippen LogP contribution in [0.3, 0.4) is 0 Å². The topological polar surface area (TPSA) is 46.3 Å². The first-order valence-corrected chi connectivity index (χ1v) is 6.09. The summed E-state index contributed by atoms with van der Waals surface area (Å²) in [6.07, 6.45) is 1.56. The van der Waals surface area contributed by atoms with Gasteiger partial charge in [-0.3, -0.25) is 9.11 Å². The van der Waals surface area contributed by atoms with Crippen molar-refractivity contribution in [2.45, 2.75) is 18.9 Å². The molecule has 0 aliphatic rings. The molecule has 0 radical (unpaired) electrons. The summed E-state index contributed by atoms with van der Waals surface area (Å²) in [6.45, 7) is 0.731. The number of alkyl halides is 2. The average molecular weight is 228 g/mol. The Kier molecular flexibility index (Phi) is 5.70. The maximum Gasteiger partial charge on any atom is 0.272 e. The Morgan fingerprint density at radius 2 is 2.07 bits per heavy atom. The summed E-state index contributed by atoms with van der Waals surface area (Å²) >= 11 is 0. The summed E-state index contributed by atoms with van der Waals surface area (Å²) in [5, 5.41) is 0. The first-order valence-electron chi connectivity index (χ1n) is 4.36. The molecule has 14 heavy (non-hydrogen) atoms. The van der Waals surface area contributed by atoms with E-state index in [-0.39, 0.29) is 12.6 Å². The van der Waals surface area contributed by atoms with E-state index >= 15 is 0 Å². The SMILES string of the molecule is CC(CS(C)=O)N(C)CC(F)(F)CN. The highest BCUT2D eigenvalue weighted by Crippen LogP contribution is 2.13. The van der Waals surface area contributed by atoms with Gasteiger partial charge in [-0.05, 0) is 14.0 Å². The average Bonchev–Trinajstić information content (AvgIpc) is 2.02. The van der Waals surface area contributed by atoms with Gasteiger partial charge in [0.25, 0.3) is 5.92 Å². The lowest BCUT2D eigenvalue weighted by molar-refractivity contribution is -0.0234. The van der Waals surface area contributed by atoms with Crippen LogP contribution in [0.2, 0.25) is 0 Å². The molecule has 2 atom stereocenters. The predicted molar refractivity (Wildman–Crippen MR) is 55.0 cm³/mol. The third-order valence-corrected chi connectivity index (χ3v) is 2.96. The van der Waals surface area contributed by atoms with Crippen molar-refractivity contribution in [3.8, 4) is 0 Å². The largest absolute Gasteiger partial charge is 0.325 e. The molecule has 0 spiro atoms. The summed E-state index contributed by atoms with van der Waals surface area (Å²) in [4.78, 5) is 1.48. The van der Waals surface area contributed by atoms with E-state index in [0.717, 1.165) is 0 Å². The Bertz CT molecular complexity index is 202. The van der Waals surface area contributed by atoms with Gasteiger partial charge in [0.15, 0.2) is 0 Å². The van der Waals surface area contributed by atoms with Gasteiger partial charge in [-0.15, -0.1) is 0 Å². The van der Waals surface area contributed by atoms with Crippen LogP contribution >= 0.6 is 0 Å². The molecule has 0 fully saturated rings. The zero-order valence-corrected chi connectivity index (χ0v) is 9.61. The fourth-order valence-electron chi connectivity index (χ4n) is 1.05. The number of halogens is 2. The lowest BCUT2D eigenvalue weighted by Gasteiger charge is -2.27. The Hall–Kier alpha value is -0.0700. The van der Waals surface area contributed by atoms with Crippen LogP contribution in [0.4, 0.5) is 8.78 Å². The normalized spacial score (nSPS) is 17.1. The van der Waals surface area contributed by atoms with Gasteiger partial charge in [0, 0.05) is 28.9 Å². The zero-order valence-electron chi connectivity index (χ0n) is 8.80. The third-order valence-electron chi connectivity index (χ3n) is 2.01. The van der Waals surface area contributed by atoms with E-state index in [0.29, 0.717) is 5.75 Å². The van der Waals surface area contributed by atoms with E-state index < -0.39 is 23.3 Å². The minimum absolute atomic E-state index is 0.127. The van der Waals surface area contributed by atoms with Gasteiger partial charge in [-0.2, -0.15) is 0 Å². The van der Waals surface area contributed by atoms with Crippen LogP contribution in [0.1, 0.15) is 6.92 Å². The van der Waals surface area contributed by atoms with Crippen LogP contribution in [-0.4, -0.2) is 53.2 Å². The van der Waals surface area contributed by atoms with Crippen LogP contribution in [0, 0.1) is 0 Å². The number of nitrogens with two attached hydrogens (primary N) is 1. The number of nitrogens with zero attached hydrogens (tertiary/aromatic N) is 1. The van der Waals surface area contributed by atoms with Crippen molar-refractivity contribution in [1.82, 2.24) is 4.90 Å². The maximum atomic E-state index is 12.9.